The van der Waals surface area contributed by atoms with Crippen molar-refractivity contribution < 1.29 is 143 Å². The summed E-state index contributed by atoms with van der Waals surface area (Å²) in [6.45, 7) is 14.5. The molecular weight excluding hydrogens is 1230 g/mol. The fourth-order valence-corrected chi connectivity index (χ4v) is 13.8. The van der Waals surface area contributed by atoms with Crippen LogP contribution < -0.4 is 10.6 Å². The first-order valence-electron chi connectivity index (χ1n) is 28.1. The quantitative estimate of drug-likeness (QED) is 0.0823. The van der Waals surface area contributed by atoms with E-state index in [1.165, 1.54) is 0 Å². The average molecular weight is 1310 g/mol. The Hall–Kier alpha value is -5.98. The maximum atomic E-state index is 15.0. The molecule has 2 amide bonds. The maximum Gasteiger partial charge on any atom is 0.349 e. The normalized spacial score (nSPS) is 30.7. The molecule has 0 aromatic rings. The molecule has 0 spiro atoms. The number of thioether (sulfide) groups is 2. The highest BCUT2D eigenvalue weighted by atomic mass is 32.2. The van der Waals surface area contributed by atoms with Crippen molar-refractivity contribution in [1.29, 1.82) is 0 Å². The molecule has 5 aliphatic heterocycles. The van der Waals surface area contributed by atoms with Crippen molar-refractivity contribution in [3.8, 4) is 0 Å². The van der Waals surface area contributed by atoms with Crippen molar-refractivity contribution in [2.45, 2.75) is 228 Å². The largest absolute Gasteiger partial charge is 0.466 e. The Morgan fingerprint density at radius 3 is 1.34 bits per heavy atom. The molecule has 0 radical (unpaired) electrons. The molecule has 2 N–H and O–H groups in total. The molecule has 32 nitrogen and oxygen atoms in total. The zero-order chi connectivity index (χ0) is 66.7. The first-order valence-corrected chi connectivity index (χ1v) is 29.9. The van der Waals surface area contributed by atoms with Gasteiger partial charge in [0.15, 0.2) is 42.3 Å². The molecule has 6 unspecified atom stereocenters. The molecule has 89 heavy (non-hydrogen) atoms. The van der Waals surface area contributed by atoms with Crippen LogP contribution in [-0.4, -0.2) is 236 Å². The molecule has 0 aromatic heterocycles. The van der Waals surface area contributed by atoms with Crippen LogP contribution in [0.5, 0.6) is 0 Å². The van der Waals surface area contributed by atoms with Crippen molar-refractivity contribution in [1.82, 2.24) is 10.6 Å². The third kappa shape index (κ3) is 20.3. The Morgan fingerprint density at radius 2 is 0.910 bits per heavy atom. The van der Waals surface area contributed by atoms with E-state index in [1.54, 1.807) is 27.7 Å². The van der Waals surface area contributed by atoms with Gasteiger partial charge in [0, 0.05) is 93.1 Å². The van der Waals surface area contributed by atoms with Crippen LogP contribution >= 0.6 is 23.5 Å². The first-order chi connectivity index (χ1) is 41.4. The van der Waals surface area contributed by atoms with Gasteiger partial charge in [-0.15, -0.1) is 23.5 Å². The highest BCUT2D eigenvalue weighted by Crippen LogP contribution is 2.49. The fourth-order valence-electron chi connectivity index (χ4n) is 10.8. The number of hydrogen-bond donors (Lipinski definition) is 2. The van der Waals surface area contributed by atoms with Crippen LogP contribution in [0.2, 0.25) is 0 Å². The van der Waals surface area contributed by atoms with Crippen LogP contribution in [-0.2, 0) is 143 Å². The molecule has 18 atom stereocenters. The van der Waals surface area contributed by atoms with Gasteiger partial charge in [-0.1, -0.05) is 0 Å². The first kappa shape index (κ1) is 73.8. The maximum absolute atomic E-state index is 15.0. The Kier molecular flexibility index (Phi) is 26.0. The van der Waals surface area contributed by atoms with Crippen LogP contribution in [0.1, 0.15) is 110 Å². The molecule has 0 aromatic carbocycles. The second kappa shape index (κ2) is 31.4. The van der Waals surface area contributed by atoms with Gasteiger partial charge in [0.1, 0.15) is 62.0 Å². The summed E-state index contributed by atoms with van der Waals surface area (Å²) in [6.07, 6.45) is -20.0. The van der Waals surface area contributed by atoms with Crippen LogP contribution in [0.15, 0.2) is 0 Å². The number of methoxy groups -OCH3 is 2. The number of rotatable bonds is 27. The Balaban J connectivity index is 1.74. The molecule has 5 saturated heterocycles. The Bertz CT molecular complexity index is 2620. The van der Waals surface area contributed by atoms with Gasteiger partial charge < -0.3 is 95.9 Å². The molecule has 0 bridgehead atoms. The van der Waals surface area contributed by atoms with Crippen molar-refractivity contribution >= 4 is 95.0 Å². The third-order valence-corrected chi connectivity index (χ3v) is 16.8. The minimum Gasteiger partial charge on any atom is -0.466 e. The van der Waals surface area contributed by atoms with Gasteiger partial charge in [-0.2, -0.15) is 0 Å². The fraction of sp³-hybridized carbons (Fsp3) is 0.782. The van der Waals surface area contributed by atoms with Gasteiger partial charge in [0.05, 0.1) is 39.5 Å². The number of nitrogens with one attached hydrogen (secondary N) is 2. The SMILES string of the molecule is COC(=O)[C@@]1(SCC(COCC2O[C@@H]3OC(C)(C)OC3C3OC(C)(C)O[C@@H]23)S[C@]2(C(=O)OC)C[C@@H](OC(C)=O)[C@@H](NC(C)=O)C([C@H](OC(C)=O)[C@@H](COC(C)=O)OC(C)=O)O2)C[C@@H](OC(C)=O)[C@@H](NC(C)=O)C([C@H](OC(C)=O)[C@@H](COC(C)=O)OC(C)=O)O1. The lowest BCUT2D eigenvalue weighted by molar-refractivity contribution is -0.243. The van der Waals surface area contributed by atoms with Crippen LogP contribution in [0.3, 0.4) is 0 Å². The minimum absolute atomic E-state index is 0.322. The highest BCUT2D eigenvalue weighted by molar-refractivity contribution is 8.05. The zero-order valence-corrected chi connectivity index (χ0v) is 53.9. The number of ether oxygens (including phenoxy) is 18. The van der Waals surface area contributed by atoms with Gasteiger partial charge in [0.2, 0.25) is 21.7 Å². The van der Waals surface area contributed by atoms with Gasteiger partial charge in [0.25, 0.3) is 0 Å². The van der Waals surface area contributed by atoms with Gasteiger partial charge in [-0.25, -0.2) is 9.59 Å². The summed E-state index contributed by atoms with van der Waals surface area (Å²) in [4.78, 5) is 153. The van der Waals surface area contributed by atoms with Crippen molar-refractivity contribution in [2.24, 2.45) is 0 Å². The molecule has 5 rings (SSSR count). The molecule has 5 heterocycles. The second-order valence-electron chi connectivity index (χ2n) is 22.2. The summed E-state index contributed by atoms with van der Waals surface area (Å²) in [5, 5.41) is 3.95. The average Bonchev–Trinajstić information content (AvgIpc) is 1.76. The van der Waals surface area contributed by atoms with E-state index < -0.39 is 228 Å². The molecule has 5 aliphatic rings. The van der Waals surface area contributed by atoms with Crippen molar-refractivity contribution in [3.05, 3.63) is 0 Å². The second-order valence-corrected chi connectivity index (χ2v) is 25.0. The van der Waals surface area contributed by atoms with Crippen LogP contribution in [0.4, 0.5) is 0 Å². The summed E-state index contributed by atoms with van der Waals surface area (Å²) in [5.74, 6) is -14.4. The van der Waals surface area contributed by atoms with E-state index in [0.29, 0.717) is 23.5 Å². The topological polar surface area (TPSA) is 395 Å². The predicted octanol–water partition coefficient (Wildman–Crippen LogP) is 0.277. The highest BCUT2D eigenvalue weighted by Gasteiger charge is 2.64. The molecule has 34 heteroatoms. The lowest BCUT2D eigenvalue weighted by Crippen LogP contribution is -2.68. The van der Waals surface area contributed by atoms with E-state index >= 15 is 0 Å². The lowest BCUT2D eigenvalue weighted by Gasteiger charge is -2.50. The van der Waals surface area contributed by atoms with Gasteiger partial charge in [-0.05, 0) is 27.7 Å². The molecule has 0 aliphatic carbocycles. The minimum atomic E-state index is -2.52. The van der Waals surface area contributed by atoms with Gasteiger partial charge in [-0.3, -0.25) is 47.9 Å². The number of amides is 2. The summed E-state index contributed by atoms with van der Waals surface area (Å²) in [7, 11) is 1.96. The van der Waals surface area contributed by atoms with E-state index in [4.69, 9.17) is 85.3 Å². The standard InChI is InChI=1S/C55H80N2O30S2/c1-24(58)56-40-35(75-28(5)62)17-54(50(68)70-15,85-45(40)42(79-32(9)66)38(77-30(7)64)21-73-26(3)60)88-23-34(19-72-20-37-44-47(83-52(11,12)82-44)48-49(81-37)87-53(13,14)84-48)89-55(51(69)71-16)18-36(76-29(6)63)41(57-25(2)59)46(86-55)43(80-33(10)67)39(78-31(8)65)22-74-27(4)61/h34-49H,17-23H2,1-16H3,(H,56,58)(H,57,59)/t34?,35-,36-,37?,38-,39-,40-,41-,42-,43-,44+,45?,46?,47?,48?,49-,54+,55+/m1/s1. The molecule has 5 fully saturated rings. The van der Waals surface area contributed by atoms with E-state index in [2.05, 4.69) is 10.6 Å². The zero-order valence-electron chi connectivity index (χ0n) is 52.3. The lowest BCUT2D eigenvalue weighted by atomic mass is 9.89. The monoisotopic (exact) mass is 1310 g/mol. The number of carbonyl (C=O) groups is 12. The van der Waals surface area contributed by atoms with Crippen LogP contribution in [0.25, 0.3) is 0 Å². The van der Waals surface area contributed by atoms with E-state index in [0.717, 1.165) is 83.5 Å². The summed E-state index contributed by atoms with van der Waals surface area (Å²) < 4.78 is 107. The summed E-state index contributed by atoms with van der Waals surface area (Å²) in [5.41, 5.74) is 0. The Morgan fingerprint density at radius 1 is 0.494 bits per heavy atom. The summed E-state index contributed by atoms with van der Waals surface area (Å²) in [6, 6.07) is -3.13. The Labute approximate surface area is 521 Å². The van der Waals surface area contributed by atoms with Crippen molar-refractivity contribution in [3.63, 3.8) is 0 Å². The number of fused-ring (bicyclic) bond motifs is 3. The van der Waals surface area contributed by atoms with Gasteiger partial charge >= 0.3 is 59.7 Å². The summed E-state index contributed by atoms with van der Waals surface area (Å²) >= 11 is 1.24. The molecule has 502 valence electrons. The number of esters is 10. The number of hydrogen-bond acceptors (Lipinski definition) is 32. The van der Waals surface area contributed by atoms with E-state index in [1.807, 2.05) is 0 Å². The molecular formula is C55H80N2O30S2. The number of carbonyl (C=O) groups excluding carboxylic acids is 12. The smallest absolute Gasteiger partial charge is 0.349 e. The predicted molar refractivity (Wildman–Crippen MR) is 297 cm³/mol. The molecule has 0 saturated carbocycles. The van der Waals surface area contributed by atoms with E-state index in [9.17, 15) is 57.5 Å². The van der Waals surface area contributed by atoms with Crippen molar-refractivity contribution in [2.75, 3.05) is 46.4 Å². The van der Waals surface area contributed by atoms with Crippen LogP contribution in [0, 0.1) is 0 Å². The van der Waals surface area contributed by atoms with E-state index in [-0.39, 0.29) is 6.61 Å². The third-order valence-electron chi connectivity index (χ3n) is 13.7.